The van der Waals surface area contributed by atoms with E-state index in [-0.39, 0.29) is 12.2 Å². The van der Waals surface area contributed by atoms with Crippen LogP contribution in [0.1, 0.15) is 38.8 Å². The summed E-state index contributed by atoms with van der Waals surface area (Å²) < 4.78 is 5.13. The molecule has 0 saturated heterocycles. The zero-order valence-electron chi connectivity index (χ0n) is 13.9. The molecule has 1 rings (SSSR count). The molecule has 0 radical (unpaired) electrons. The third-order valence-corrected chi connectivity index (χ3v) is 2.91. The van der Waals surface area contributed by atoms with Gasteiger partial charge in [0.25, 0.3) is 0 Å². The van der Waals surface area contributed by atoms with E-state index in [1.54, 1.807) is 45.1 Å². The zero-order chi connectivity index (χ0) is 17.6. The Balaban J connectivity index is 2.86. The Kier molecular flexibility index (Phi) is 6.18. The first-order valence-corrected chi connectivity index (χ1v) is 7.36. The Bertz CT molecular complexity index is 603. The maximum absolute atomic E-state index is 11.8. The number of rotatable bonds is 5. The number of aromatic hydroxyl groups is 1. The second-order valence-corrected chi connectivity index (χ2v) is 6.20. The summed E-state index contributed by atoms with van der Waals surface area (Å²) in [4.78, 5) is 23.4. The number of benzene rings is 1. The molecule has 1 atom stereocenters. The van der Waals surface area contributed by atoms with Gasteiger partial charge >= 0.3 is 6.09 Å². The van der Waals surface area contributed by atoms with Crippen molar-refractivity contribution in [3.05, 3.63) is 35.4 Å². The standard InChI is InChI=1S/C17H24N2O4/c1-5-6-12-9-11(7-8-14(12)20)10-13(15(18)21)19-16(22)23-17(2,3)4/h5-9,13,20H,10H2,1-4H3,(H2,18,21)(H,19,22)/b6-5+/t13-/m0/s1. The van der Waals surface area contributed by atoms with Crippen LogP contribution < -0.4 is 11.1 Å². The first kappa shape index (κ1) is 18.5. The Labute approximate surface area is 136 Å². The molecule has 126 valence electrons. The highest BCUT2D eigenvalue weighted by Crippen LogP contribution is 2.21. The molecule has 0 spiro atoms. The van der Waals surface area contributed by atoms with Gasteiger partial charge in [0.2, 0.25) is 5.91 Å². The molecule has 0 saturated carbocycles. The lowest BCUT2D eigenvalue weighted by Crippen LogP contribution is -2.47. The number of amides is 2. The molecule has 4 N–H and O–H groups in total. The maximum Gasteiger partial charge on any atom is 0.408 e. The molecule has 0 fully saturated rings. The van der Waals surface area contributed by atoms with Crippen LogP contribution in [0.25, 0.3) is 6.08 Å². The molecule has 23 heavy (non-hydrogen) atoms. The van der Waals surface area contributed by atoms with Crippen molar-refractivity contribution in [3.8, 4) is 5.75 Å². The highest BCUT2D eigenvalue weighted by atomic mass is 16.6. The van der Waals surface area contributed by atoms with Crippen LogP contribution >= 0.6 is 0 Å². The van der Waals surface area contributed by atoms with Crippen LogP contribution in [-0.4, -0.2) is 28.7 Å². The second-order valence-electron chi connectivity index (χ2n) is 6.20. The average Bonchev–Trinajstić information content (AvgIpc) is 2.39. The van der Waals surface area contributed by atoms with Crippen molar-refractivity contribution < 1.29 is 19.4 Å². The quantitative estimate of drug-likeness (QED) is 0.775. The van der Waals surface area contributed by atoms with Crippen molar-refractivity contribution >= 4 is 18.1 Å². The molecule has 2 amide bonds. The van der Waals surface area contributed by atoms with Gasteiger partial charge in [-0.2, -0.15) is 0 Å². The molecule has 1 aromatic carbocycles. The van der Waals surface area contributed by atoms with Crippen LogP contribution in [0.2, 0.25) is 0 Å². The van der Waals surface area contributed by atoms with Crippen LogP contribution in [0.3, 0.4) is 0 Å². The van der Waals surface area contributed by atoms with E-state index < -0.39 is 23.6 Å². The number of ether oxygens (including phenoxy) is 1. The predicted molar refractivity (Wildman–Crippen MR) is 88.9 cm³/mol. The van der Waals surface area contributed by atoms with Gasteiger partial charge in [-0.05, 0) is 45.4 Å². The van der Waals surface area contributed by atoms with Gasteiger partial charge in [-0.15, -0.1) is 0 Å². The Hall–Kier alpha value is -2.50. The van der Waals surface area contributed by atoms with Crippen LogP contribution in [0.15, 0.2) is 24.3 Å². The van der Waals surface area contributed by atoms with Gasteiger partial charge in [-0.1, -0.05) is 18.2 Å². The first-order chi connectivity index (χ1) is 10.6. The lowest BCUT2D eigenvalue weighted by atomic mass is 10.0. The number of hydrogen-bond acceptors (Lipinski definition) is 4. The molecule has 0 aliphatic carbocycles. The number of phenolic OH excluding ortho intramolecular Hbond substituents is 1. The fourth-order valence-corrected chi connectivity index (χ4v) is 1.95. The third-order valence-electron chi connectivity index (χ3n) is 2.91. The fourth-order valence-electron chi connectivity index (χ4n) is 1.95. The van der Waals surface area contributed by atoms with Gasteiger partial charge in [0.15, 0.2) is 0 Å². The largest absolute Gasteiger partial charge is 0.507 e. The van der Waals surface area contributed by atoms with Crippen LogP contribution in [0.5, 0.6) is 5.75 Å². The van der Waals surface area contributed by atoms with Crippen molar-refractivity contribution in [2.75, 3.05) is 0 Å². The van der Waals surface area contributed by atoms with Crippen LogP contribution in [0, 0.1) is 0 Å². The fraction of sp³-hybridized carbons (Fsp3) is 0.412. The van der Waals surface area contributed by atoms with E-state index in [0.29, 0.717) is 5.56 Å². The number of primary amides is 1. The predicted octanol–water partition coefficient (Wildman–Crippen LogP) is 2.35. The van der Waals surface area contributed by atoms with Gasteiger partial charge in [-0.25, -0.2) is 4.79 Å². The lowest BCUT2D eigenvalue weighted by Gasteiger charge is -2.22. The van der Waals surface area contributed by atoms with Crippen LogP contribution in [0.4, 0.5) is 4.79 Å². The summed E-state index contributed by atoms with van der Waals surface area (Å²) in [6.07, 6.45) is 3.05. The highest BCUT2D eigenvalue weighted by molar-refractivity contribution is 5.84. The highest BCUT2D eigenvalue weighted by Gasteiger charge is 2.23. The van der Waals surface area contributed by atoms with E-state index in [9.17, 15) is 14.7 Å². The normalized spacial score (nSPS) is 12.9. The number of hydrogen-bond donors (Lipinski definition) is 3. The summed E-state index contributed by atoms with van der Waals surface area (Å²) >= 11 is 0. The van der Waals surface area contributed by atoms with Crippen LogP contribution in [-0.2, 0) is 16.0 Å². The monoisotopic (exact) mass is 320 g/mol. The summed E-state index contributed by atoms with van der Waals surface area (Å²) in [6.45, 7) is 7.03. The number of carbonyl (C=O) groups excluding carboxylic acids is 2. The molecular weight excluding hydrogens is 296 g/mol. The topological polar surface area (TPSA) is 102 Å². The number of nitrogens with two attached hydrogens (primary N) is 1. The van der Waals surface area contributed by atoms with E-state index in [2.05, 4.69) is 5.32 Å². The molecule has 0 aliphatic heterocycles. The summed E-state index contributed by atoms with van der Waals surface area (Å²) in [6, 6.07) is 4.06. The molecule has 0 aliphatic rings. The van der Waals surface area contributed by atoms with Gasteiger partial charge in [0.1, 0.15) is 17.4 Å². The second kappa shape index (κ2) is 7.67. The third kappa shape index (κ3) is 6.42. The molecule has 1 aromatic rings. The van der Waals surface area contributed by atoms with Gasteiger partial charge in [-0.3, -0.25) is 4.79 Å². The van der Waals surface area contributed by atoms with Crippen molar-refractivity contribution in [3.63, 3.8) is 0 Å². The van der Waals surface area contributed by atoms with Crippen molar-refractivity contribution in [2.24, 2.45) is 5.73 Å². The Morgan fingerprint density at radius 3 is 2.57 bits per heavy atom. The van der Waals surface area contributed by atoms with Gasteiger partial charge in [0.05, 0.1) is 0 Å². The van der Waals surface area contributed by atoms with E-state index in [4.69, 9.17) is 10.5 Å². The lowest BCUT2D eigenvalue weighted by molar-refractivity contribution is -0.120. The van der Waals surface area contributed by atoms with E-state index in [1.807, 2.05) is 6.92 Å². The summed E-state index contributed by atoms with van der Waals surface area (Å²) in [5.74, 6) is -0.515. The van der Waals surface area contributed by atoms with Crippen molar-refractivity contribution in [1.29, 1.82) is 0 Å². The molecule has 6 nitrogen and oxygen atoms in total. The molecular formula is C17H24N2O4. The van der Waals surface area contributed by atoms with E-state index in [1.165, 1.54) is 6.07 Å². The number of phenols is 1. The van der Waals surface area contributed by atoms with E-state index in [0.717, 1.165) is 5.56 Å². The Morgan fingerprint density at radius 2 is 2.04 bits per heavy atom. The summed E-state index contributed by atoms with van der Waals surface area (Å²) in [5, 5.41) is 12.2. The summed E-state index contributed by atoms with van der Waals surface area (Å²) in [5.41, 5.74) is 6.08. The van der Waals surface area contributed by atoms with Gasteiger partial charge < -0.3 is 20.9 Å². The zero-order valence-corrected chi connectivity index (χ0v) is 13.9. The first-order valence-electron chi connectivity index (χ1n) is 7.36. The minimum Gasteiger partial charge on any atom is -0.507 e. The molecule has 0 aromatic heterocycles. The van der Waals surface area contributed by atoms with Gasteiger partial charge in [0, 0.05) is 12.0 Å². The number of nitrogens with one attached hydrogen (secondary N) is 1. The maximum atomic E-state index is 11.8. The number of alkyl carbamates (subject to hydrolysis) is 1. The van der Waals surface area contributed by atoms with Crippen molar-refractivity contribution in [1.82, 2.24) is 5.32 Å². The smallest absolute Gasteiger partial charge is 0.408 e. The molecule has 0 heterocycles. The van der Waals surface area contributed by atoms with E-state index >= 15 is 0 Å². The average molecular weight is 320 g/mol. The number of allylic oxidation sites excluding steroid dienone is 1. The summed E-state index contributed by atoms with van der Waals surface area (Å²) in [7, 11) is 0. The Morgan fingerprint density at radius 1 is 1.39 bits per heavy atom. The molecule has 0 unspecified atom stereocenters. The number of carbonyl (C=O) groups is 2. The SMILES string of the molecule is C/C=C/c1cc(C[C@H](NC(=O)OC(C)(C)C)C(N)=O)ccc1O. The van der Waals surface area contributed by atoms with Crippen molar-refractivity contribution in [2.45, 2.75) is 45.8 Å². The molecule has 0 bridgehead atoms. The minimum atomic E-state index is -0.896. The molecule has 6 heteroatoms. The minimum absolute atomic E-state index is 0.141.